The van der Waals surface area contributed by atoms with Gasteiger partial charge >= 0.3 is 0 Å². The van der Waals surface area contributed by atoms with Crippen molar-refractivity contribution in [3.8, 4) is 0 Å². The molecule has 12 heavy (non-hydrogen) atoms. The molecule has 4 nitrogen and oxygen atoms in total. The third kappa shape index (κ3) is 2.39. The first-order chi connectivity index (χ1) is 5.70. The van der Waals surface area contributed by atoms with E-state index < -0.39 is 6.10 Å². The molecule has 0 unspecified atom stereocenters. The van der Waals surface area contributed by atoms with Crippen LogP contribution in [-0.4, -0.2) is 27.2 Å². The molecule has 0 saturated carbocycles. The molecule has 1 atom stereocenters. The normalized spacial score (nSPS) is 12.5. The van der Waals surface area contributed by atoms with E-state index in [1.54, 1.807) is 6.07 Å². The maximum absolute atomic E-state index is 10.7. The summed E-state index contributed by atoms with van der Waals surface area (Å²) in [4.78, 5) is 10.7. The van der Waals surface area contributed by atoms with Gasteiger partial charge in [-0.1, -0.05) is 0 Å². The maximum atomic E-state index is 10.7. The molecular weight excluding hydrogens is 156 g/mol. The van der Waals surface area contributed by atoms with Crippen molar-refractivity contribution >= 4 is 5.78 Å². The van der Waals surface area contributed by atoms with Crippen molar-refractivity contribution in [2.75, 3.05) is 0 Å². The first-order valence-electron chi connectivity index (χ1n) is 3.64. The minimum absolute atomic E-state index is 0.230. The number of aliphatic hydroxyl groups excluding tert-OH is 1. The van der Waals surface area contributed by atoms with Crippen molar-refractivity contribution in [3.05, 3.63) is 24.0 Å². The Hall–Kier alpha value is -1.29. The van der Waals surface area contributed by atoms with Crippen molar-refractivity contribution in [3.63, 3.8) is 0 Å². The zero-order chi connectivity index (χ0) is 8.97. The SMILES string of the molecule is CC(=O)[C@@H](O)Cc1ccnnc1. The number of aliphatic hydroxyl groups is 1. The second kappa shape index (κ2) is 3.92. The molecule has 0 saturated heterocycles. The molecule has 0 bridgehead atoms. The fourth-order valence-corrected chi connectivity index (χ4v) is 0.806. The topological polar surface area (TPSA) is 63.1 Å². The molecule has 1 N–H and O–H groups in total. The van der Waals surface area contributed by atoms with Crippen molar-refractivity contribution in [1.29, 1.82) is 0 Å². The van der Waals surface area contributed by atoms with Gasteiger partial charge in [0, 0.05) is 12.6 Å². The van der Waals surface area contributed by atoms with Gasteiger partial charge in [-0.05, 0) is 18.6 Å². The molecule has 1 heterocycles. The molecule has 0 aliphatic heterocycles. The van der Waals surface area contributed by atoms with E-state index in [0.717, 1.165) is 5.56 Å². The van der Waals surface area contributed by atoms with Crippen LogP contribution in [0.3, 0.4) is 0 Å². The Labute approximate surface area is 70.3 Å². The monoisotopic (exact) mass is 166 g/mol. The summed E-state index contributed by atoms with van der Waals surface area (Å²) < 4.78 is 0. The third-order valence-corrected chi connectivity index (χ3v) is 1.54. The lowest BCUT2D eigenvalue weighted by atomic mass is 10.1. The molecule has 0 amide bonds. The van der Waals surface area contributed by atoms with Crippen LogP contribution in [0.2, 0.25) is 0 Å². The van der Waals surface area contributed by atoms with Crippen LogP contribution >= 0.6 is 0 Å². The van der Waals surface area contributed by atoms with Gasteiger partial charge in [0.1, 0.15) is 6.10 Å². The Morgan fingerprint density at radius 1 is 1.67 bits per heavy atom. The molecule has 4 heteroatoms. The Balaban J connectivity index is 2.58. The largest absolute Gasteiger partial charge is 0.385 e. The van der Waals surface area contributed by atoms with Gasteiger partial charge in [-0.25, -0.2) is 0 Å². The highest BCUT2D eigenvalue weighted by Crippen LogP contribution is 2.00. The first-order valence-corrected chi connectivity index (χ1v) is 3.64. The molecule has 0 aliphatic carbocycles. The number of hydrogen-bond donors (Lipinski definition) is 1. The molecule has 64 valence electrons. The minimum Gasteiger partial charge on any atom is -0.385 e. The van der Waals surface area contributed by atoms with Crippen LogP contribution in [0.4, 0.5) is 0 Å². The van der Waals surface area contributed by atoms with Crippen molar-refractivity contribution in [1.82, 2.24) is 10.2 Å². The van der Waals surface area contributed by atoms with Crippen molar-refractivity contribution in [2.45, 2.75) is 19.4 Å². The van der Waals surface area contributed by atoms with Gasteiger partial charge in [-0.2, -0.15) is 10.2 Å². The Bertz CT molecular complexity index is 261. The van der Waals surface area contributed by atoms with Gasteiger partial charge in [0.15, 0.2) is 5.78 Å². The van der Waals surface area contributed by atoms with Crippen LogP contribution in [0.1, 0.15) is 12.5 Å². The number of aromatic nitrogens is 2. The van der Waals surface area contributed by atoms with E-state index in [0.29, 0.717) is 6.42 Å². The summed E-state index contributed by atoms with van der Waals surface area (Å²) >= 11 is 0. The summed E-state index contributed by atoms with van der Waals surface area (Å²) in [6, 6.07) is 1.72. The summed E-state index contributed by atoms with van der Waals surface area (Å²) in [6.45, 7) is 1.36. The number of carbonyl (C=O) groups is 1. The highest BCUT2D eigenvalue weighted by Gasteiger charge is 2.09. The Kier molecular flexibility index (Phi) is 2.88. The number of ketones is 1. The lowest BCUT2D eigenvalue weighted by molar-refractivity contribution is -0.124. The fraction of sp³-hybridized carbons (Fsp3) is 0.375. The average molecular weight is 166 g/mol. The summed E-state index contributed by atoms with van der Waals surface area (Å²) in [5, 5.41) is 16.4. The zero-order valence-corrected chi connectivity index (χ0v) is 6.77. The second-order valence-corrected chi connectivity index (χ2v) is 2.58. The summed E-state index contributed by atoms with van der Waals surface area (Å²) in [5.74, 6) is -0.230. The lowest BCUT2D eigenvalue weighted by Crippen LogP contribution is -2.19. The van der Waals surface area contributed by atoms with E-state index in [1.807, 2.05) is 0 Å². The van der Waals surface area contributed by atoms with E-state index in [9.17, 15) is 9.90 Å². The number of rotatable bonds is 3. The van der Waals surface area contributed by atoms with Crippen LogP contribution in [0, 0.1) is 0 Å². The molecule has 1 aromatic rings. The van der Waals surface area contributed by atoms with Crippen molar-refractivity contribution < 1.29 is 9.90 Å². The number of carbonyl (C=O) groups excluding carboxylic acids is 1. The van der Waals surface area contributed by atoms with Crippen LogP contribution in [-0.2, 0) is 11.2 Å². The molecule has 0 spiro atoms. The molecular formula is C8H10N2O2. The Morgan fingerprint density at radius 3 is 2.92 bits per heavy atom. The molecule has 1 rings (SSSR count). The number of hydrogen-bond acceptors (Lipinski definition) is 4. The third-order valence-electron chi connectivity index (χ3n) is 1.54. The highest BCUT2D eigenvalue weighted by molar-refractivity contribution is 5.80. The smallest absolute Gasteiger partial charge is 0.158 e. The standard InChI is InChI=1S/C8H10N2O2/c1-6(11)8(12)4-7-2-3-9-10-5-7/h2-3,5,8,12H,4H2,1H3/t8-/m0/s1. The fourth-order valence-electron chi connectivity index (χ4n) is 0.806. The lowest BCUT2D eigenvalue weighted by Gasteiger charge is -2.04. The second-order valence-electron chi connectivity index (χ2n) is 2.58. The van der Waals surface area contributed by atoms with Gasteiger partial charge < -0.3 is 5.11 Å². The minimum atomic E-state index is -0.922. The van der Waals surface area contributed by atoms with Crippen molar-refractivity contribution in [2.24, 2.45) is 0 Å². The van der Waals surface area contributed by atoms with Gasteiger partial charge in [-0.15, -0.1) is 0 Å². The average Bonchev–Trinajstić information content (AvgIpc) is 2.06. The first kappa shape index (κ1) is 8.80. The predicted molar refractivity (Wildman–Crippen MR) is 42.4 cm³/mol. The maximum Gasteiger partial charge on any atom is 0.158 e. The summed E-state index contributed by atoms with van der Waals surface area (Å²) in [6.07, 6.45) is 2.45. The van der Waals surface area contributed by atoms with Gasteiger partial charge in [-0.3, -0.25) is 4.79 Å². The Morgan fingerprint density at radius 2 is 2.42 bits per heavy atom. The number of Topliss-reactive ketones (excluding diaryl/α,β-unsaturated/α-hetero) is 1. The molecule has 0 fully saturated rings. The molecule has 1 aromatic heterocycles. The van der Waals surface area contributed by atoms with Crippen LogP contribution < -0.4 is 0 Å². The van der Waals surface area contributed by atoms with E-state index in [2.05, 4.69) is 10.2 Å². The number of nitrogens with zero attached hydrogens (tertiary/aromatic N) is 2. The molecule has 0 aromatic carbocycles. The van der Waals surface area contributed by atoms with Gasteiger partial charge in [0.2, 0.25) is 0 Å². The quantitative estimate of drug-likeness (QED) is 0.684. The molecule has 0 aliphatic rings. The summed E-state index contributed by atoms with van der Waals surface area (Å²) in [5.41, 5.74) is 0.813. The highest BCUT2D eigenvalue weighted by atomic mass is 16.3. The van der Waals surface area contributed by atoms with Crippen LogP contribution in [0.5, 0.6) is 0 Å². The molecule has 0 radical (unpaired) electrons. The van der Waals surface area contributed by atoms with Crippen LogP contribution in [0.25, 0.3) is 0 Å². The van der Waals surface area contributed by atoms with E-state index in [1.165, 1.54) is 19.3 Å². The van der Waals surface area contributed by atoms with E-state index in [-0.39, 0.29) is 5.78 Å². The summed E-state index contributed by atoms with van der Waals surface area (Å²) in [7, 11) is 0. The predicted octanol–water partition coefficient (Wildman–Crippen LogP) is -0.0310. The van der Waals surface area contributed by atoms with Gasteiger partial charge in [0.05, 0.1) is 6.20 Å². The zero-order valence-electron chi connectivity index (χ0n) is 6.77. The van der Waals surface area contributed by atoms with E-state index in [4.69, 9.17) is 0 Å². The van der Waals surface area contributed by atoms with Gasteiger partial charge in [0.25, 0.3) is 0 Å². The van der Waals surface area contributed by atoms with E-state index >= 15 is 0 Å². The van der Waals surface area contributed by atoms with Crippen LogP contribution in [0.15, 0.2) is 18.5 Å².